The van der Waals surface area contributed by atoms with Crippen molar-refractivity contribution in [3.8, 4) is 29.3 Å². The summed E-state index contributed by atoms with van der Waals surface area (Å²) in [6, 6.07) is 18.6. The molecule has 0 saturated heterocycles. The number of fused-ring (bicyclic) bond motifs is 9. The number of nitrogens with one attached hydrogen (secondary N) is 1. The van der Waals surface area contributed by atoms with Crippen LogP contribution in [-0.4, -0.2) is 35.8 Å². The highest BCUT2D eigenvalue weighted by Crippen LogP contribution is 2.42. The minimum Gasteiger partial charge on any atom is -0.508 e. The van der Waals surface area contributed by atoms with Gasteiger partial charge in [0.2, 0.25) is 0 Å². The lowest BCUT2D eigenvalue weighted by molar-refractivity contribution is -0.121. The molecule has 2 aliphatic carbocycles. The maximum Gasteiger partial charge on any atom is 0.161 e. The molecule has 0 aromatic heterocycles. The van der Waals surface area contributed by atoms with Gasteiger partial charge in [-0.05, 0) is 144 Å². The molecular weight excluding hydrogens is 759 g/mol. The minimum atomic E-state index is -0.474. The maximum absolute atomic E-state index is 13.7. The first-order valence-electron chi connectivity index (χ1n) is 22.6. The maximum atomic E-state index is 13.7. The number of carbonyl (C=O) groups is 1. The molecule has 4 atom stereocenters. The number of aliphatic hydroxyl groups is 1. The van der Waals surface area contributed by atoms with E-state index >= 15 is 0 Å². The minimum absolute atomic E-state index is 0.0112. The van der Waals surface area contributed by atoms with Gasteiger partial charge in [0.15, 0.2) is 11.5 Å². The SMILES string of the molecule is CCCCCc1c(CCCCC2C=CC(O)=CC2CC2CC(=O)CCc3ccc(OC)c(c3)OCc3ccc4c(c(O)cc5c4c3C=CC5C)CC#CO2)cccc1NCC. The first-order valence-corrected chi connectivity index (χ1v) is 22.6. The average molecular weight is 822 g/mol. The number of unbranched alkanes of at least 4 members (excludes halogenated alkanes) is 3. The number of aliphatic hydroxyl groups excluding tert-OH is 1. The number of carbonyl (C=O) groups excluding carboxylic acids is 1. The summed E-state index contributed by atoms with van der Waals surface area (Å²) < 4.78 is 18.4. The van der Waals surface area contributed by atoms with Gasteiger partial charge in [0, 0.05) is 43.0 Å². The van der Waals surface area contributed by atoms with Gasteiger partial charge in [0.05, 0.1) is 7.11 Å². The molecule has 3 N–H and O–H groups in total. The Labute approximate surface area is 362 Å². The van der Waals surface area contributed by atoms with Crippen LogP contribution < -0.4 is 14.8 Å². The van der Waals surface area contributed by atoms with Gasteiger partial charge in [-0.15, -0.1) is 0 Å². The molecule has 2 aliphatic heterocycles. The fraction of sp³-hybridized carbons (Fsp3) is 0.426. The highest BCUT2D eigenvalue weighted by atomic mass is 16.5. The molecule has 0 spiro atoms. The van der Waals surface area contributed by atoms with E-state index in [4.69, 9.17) is 14.2 Å². The van der Waals surface area contributed by atoms with Crippen LogP contribution in [0.25, 0.3) is 16.8 Å². The number of allylic oxidation sites excluding steroid dienone is 4. The van der Waals surface area contributed by atoms with E-state index in [-0.39, 0.29) is 47.9 Å². The molecule has 320 valence electrons. The van der Waals surface area contributed by atoms with Crippen molar-refractivity contribution in [2.75, 3.05) is 19.0 Å². The van der Waals surface area contributed by atoms with Crippen molar-refractivity contribution in [2.24, 2.45) is 11.8 Å². The number of methoxy groups -OCH3 is 1. The van der Waals surface area contributed by atoms with E-state index in [1.54, 1.807) is 7.11 Å². The largest absolute Gasteiger partial charge is 0.508 e. The Balaban J connectivity index is 1.11. The molecule has 7 heteroatoms. The number of phenols is 1. The van der Waals surface area contributed by atoms with E-state index in [0.29, 0.717) is 37.4 Å². The first-order chi connectivity index (χ1) is 29.8. The zero-order valence-electron chi connectivity index (χ0n) is 36.5. The molecule has 8 rings (SSSR count). The van der Waals surface area contributed by atoms with Crippen molar-refractivity contribution in [1.29, 1.82) is 0 Å². The van der Waals surface area contributed by atoms with Crippen LogP contribution in [0.15, 0.2) is 84.7 Å². The molecule has 2 heterocycles. The fourth-order valence-electron chi connectivity index (χ4n) is 9.47. The summed E-state index contributed by atoms with van der Waals surface area (Å²) in [6.07, 6.45) is 23.5. The molecule has 4 aromatic carbocycles. The number of ketones is 1. The van der Waals surface area contributed by atoms with E-state index in [0.717, 1.165) is 77.2 Å². The van der Waals surface area contributed by atoms with Gasteiger partial charge in [-0.25, -0.2) is 0 Å². The highest BCUT2D eigenvalue weighted by Gasteiger charge is 2.27. The Morgan fingerprint density at radius 1 is 0.934 bits per heavy atom. The molecule has 4 aliphatic rings. The van der Waals surface area contributed by atoms with Crippen molar-refractivity contribution in [1.82, 2.24) is 0 Å². The number of hydrogen-bond acceptors (Lipinski definition) is 7. The van der Waals surface area contributed by atoms with Crippen LogP contribution in [0, 0.1) is 23.9 Å². The molecule has 6 bridgehead atoms. The summed E-state index contributed by atoms with van der Waals surface area (Å²) in [6.45, 7) is 7.79. The number of rotatable bonds is 14. The number of phenolic OH excluding ortho intramolecular Hbond substituents is 1. The Morgan fingerprint density at radius 3 is 2.64 bits per heavy atom. The smallest absolute Gasteiger partial charge is 0.161 e. The standard InChI is InChI=1S/C54H63NO6/c1-5-7-8-16-45-39(15-11-18-50(45)55-6-2)14-10-9-13-38-22-25-42(56)31-41(38)32-44-33-43(57)24-20-37-21-28-52(59-4)53(30-37)61-35-40-23-27-48-47(17-12-29-60-44)51(58)34-49-36(3)19-26-46(40)54(48)49/h11,15,18-19,21-23,25-28,30-31,34,36,38,41,44,55-56,58H,5-10,13-14,16-17,20,24,32-33,35H2,1-4H3. The van der Waals surface area contributed by atoms with Crippen molar-refractivity contribution >= 4 is 28.3 Å². The average Bonchev–Trinajstić information content (AvgIpc) is 3.25. The second-order valence-corrected chi connectivity index (χ2v) is 17.1. The number of ether oxygens (including phenoxy) is 3. The Kier molecular flexibility index (Phi) is 14.8. The molecular formula is C54H63NO6. The number of aryl methyl sites for hydroxylation is 2. The zero-order chi connectivity index (χ0) is 42.7. The third-order valence-corrected chi connectivity index (χ3v) is 12.8. The molecule has 4 aromatic rings. The predicted molar refractivity (Wildman–Crippen MR) is 248 cm³/mol. The van der Waals surface area contributed by atoms with Gasteiger partial charge in [-0.2, -0.15) is 0 Å². The normalized spacial score (nSPS) is 19.9. The van der Waals surface area contributed by atoms with E-state index < -0.39 is 6.10 Å². The van der Waals surface area contributed by atoms with Crippen molar-refractivity contribution in [2.45, 2.75) is 123 Å². The van der Waals surface area contributed by atoms with Crippen molar-refractivity contribution in [3.63, 3.8) is 0 Å². The number of Topliss-reactive ketones (excluding diaryl/α,β-unsaturated/α-hetero) is 1. The lowest BCUT2D eigenvalue weighted by Gasteiger charge is -2.28. The van der Waals surface area contributed by atoms with Gasteiger partial charge in [-0.3, -0.25) is 4.79 Å². The summed E-state index contributed by atoms with van der Waals surface area (Å²) in [5.74, 6) is 5.33. The lowest BCUT2D eigenvalue weighted by Crippen LogP contribution is -2.24. The van der Waals surface area contributed by atoms with Crippen LogP contribution in [0.5, 0.6) is 17.2 Å². The molecule has 0 amide bonds. The van der Waals surface area contributed by atoms with Gasteiger partial charge >= 0.3 is 0 Å². The van der Waals surface area contributed by atoms with E-state index in [9.17, 15) is 15.0 Å². The number of anilines is 1. The number of aromatic hydroxyl groups is 1. The van der Waals surface area contributed by atoms with Gasteiger partial charge in [0.1, 0.15) is 36.1 Å². The van der Waals surface area contributed by atoms with Crippen LogP contribution in [0.4, 0.5) is 5.69 Å². The summed E-state index contributed by atoms with van der Waals surface area (Å²) in [5.41, 5.74) is 9.09. The predicted octanol–water partition coefficient (Wildman–Crippen LogP) is 12.3. The number of hydrogen-bond donors (Lipinski definition) is 3. The van der Waals surface area contributed by atoms with Crippen LogP contribution in [0.1, 0.15) is 123 Å². The Bertz CT molecular complexity index is 2340. The topological polar surface area (TPSA) is 97.3 Å². The second kappa shape index (κ2) is 20.8. The Morgan fingerprint density at radius 2 is 1.80 bits per heavy atom. The van der Waals surface area contributed by atoms with Gasteiger partial charge in [0.25, 0.3) is 0 Å². The van der Waals surface area contributed by atoms with Crippen LogP contribution >= 0.6 is 0 Å². The van der Waals surface area contributed by atoms with Crippen LogP contribution in [-0.2, 0) is 41.8 Å². The van der Waals surface area contributed by atoms with Crippen molar-refractivity contribution in [3.05, 3.63) is 124 Å². The van der Waals surface area contributed by atoms with Crippen LogP contribution in [0.2, 0.25) is 0 Å². The Hall–Kier alpha value is -5.61. The highest BCUT2D eigenvalue weighted by molar-refractivity contribution is 6.00. The summed E-state index contributed by atoms with van der Waals surface area (Å²) in [4.78, 5) is 13.7. The first kappa shape index (κ1) is 43.5. The summed E-state index contributed by atoms with van der Waals surface area (Å²) in [7, 11) is 1.64. The molecule has 7 nitrogen and oxygen atoms in total. The van der Waals surface area contributed by atoms with Gasteiger partial charge in [-0.1, -0.05) is 87.6 Å². The summed E-state index contributed by atoms with van der Waals surface area (Å²) >= 11 is 0. The quantitative estimate of drug-likeness (QED) is 0.0861. The van der Waals surface area contributed by atoms with Gasteiger partial charge < -0.3 is 29.7 Å². The molecule has 0 saturated carbocycles. The summed E-state index contributed by atoms with van der Waals surface area (Å²) in [5, 5.41) is 27.7. The van der Waals surface area contributed by atoms with E-state index in [2.05, 4.69) is 86.7 Å². The monoisotopic (exact) mass is 821 g/mol. The van der Waals surface area contributed by atoms with Crippen molar-refractivity contribution < 1.29 is 29.2 Å². The van der Waals surface area contributed by atoms with Crippen LogP contribution in [0.3, 0.4) is 0 Å². The van der Waals surface area contributed by atoms with E-state index in [1.807, 2.05) is 36.4 Å². The molecule has 4 unspecified atom stereocenters. The van der Waals surface area contributed by atoms with E-state index in [1.165, 1.54) is 36.1 Å². The molecule has 0 fully saturated rings. The molecule has 61 heavy (non-hydrogen) atoms. The number of benzene rings is 4. The third-order valence-electron chi connectivity index (χ3n) is 12.8. The zero-order valence-corrected chi connectivity index (χ0v) is 36.5. The second-order valence-electron chi connectivity index (χ2n) is 17.1. The molecule has 0 radical (unpaired) electrons. The lowest BCUT2D eigenvalue weighted by atomic mass is 9.80. The fourth-order valence-corrected chi connectivity index (χ4v) is 9.47. The third kappa shape index (κ3) is 10.7.